The predicted molar refractivity (Wildman–Crippen MR) is 55.8 cm³/mol. The Balaban J connectivity index is 1.73. The fraction of sp³-hybridized carbons (Fsp3) is 0.417. The SMILES string of the molecule is O=C(NCCc1ccc(F)cc1)C1CC1. The molecule has 1 aromatic carbocycles. The van der Waals surface area contributed by atoms with E-state index in [1.807, 2.05) is 0 Å². The van der Waals surface area contributed by atoms with Crippen molar-refractivity contribution in [3.05, 3.63) is 35.6 Å². The zero-order chi connectivity index (χ0) is 10.7. The first-order valence-corrected chi connectivity index (χ1v) is 5.28. The van der Waals surface area contributed by atoms with Crippen LogP contribution in [0.5, 0.6) is 0 Å². The molecule has 2 nitrogen and oxygen atoms in total. The van der Waals surface area contributed by atoms with Crippen molar-refractivity contribution < 1.29 is 9.18 Å². The minimum absolute atomic E-state index is 0.164. The molecule has 0 aliphatic heterocycles. The number of halogens is 1. The van der Waals surface area contributed by atoms with Gasteiger partial charge in [0.2, 0.25) is 5.91 Å². The van der Waals surface area contributed by atoms with E-state index in [0.717, 1.165) is 24.8 Å². The molecular formula is C12H14FNO. The Morgan fingerprint density at radius 3 is 2.60 bits per heavy atom. The molecule has 0 unspecified atom stereocenters. The standard InChI is InChI=1S/C12H14FNO/c13-11-5-1-9(2-6-11)7-8-14-12(15)10-3-4-10/h1-2,5-6,10H,3-4,7-8H2,(H,14,15). The van der Waals surface area contributed by atoms with Crippen LogP contribution in [0.3, 0.4) is 0 Å². The Bertz CT molecular complexity index is 343. The molecular weight excluding hydrogens is 193 g/mol. The fourth-order valence-electron chi connectivity index (χ4n) is 1.47. The minimum atomic E-state index is -0.222. The van der Waals surface area contributed by atoms with Crippen LogP contribution in [0, 0.1) is 11.7 Å². The lowest BCUT2D eigenvalue weighted by Crippen LogP contribution is -2.26. The van der Waals surface area contributed by atoms with Crippen LogP contribution in [0.1, 0.15) is 18.4 Å². The second-order valence-electron chi connectivity index (χ2n) is 3.94. The Labute approximate surface area is 88.5 Å². The number of nitrogens with one attached hydrogen (secondary N) is 1. The summed E-state index contributed by atoms with van der Waals surface area (Å²) in [6.45, 7) is 0.640. The van der Waals surface area contributed by atoms with E-state index in [-0.39, 0.29) is 17.6 Å². The first-order chi connectivity index (χ1) is 7.25. The number of carbonyl (C=O) groups excluding carboxylic acids is 1. The zero-order valence-electron chi connectivity index (χ0n) is 8.50. The Morgan fingerprint density at radius 1 is 1.33 bits per heavy atom. The minimum Gasteiger partial charge on any atom is -0.356 e. The van der Waals surface area contributed by atoms with Crippen LogP contribution in [0.15, 0.2) is 24.3 Å². The number of carbonyl (C=O) groups is 1. The first kappa shape index (κ1) is 10.1. The third-order valence-corrected chi connectivity index (χ3v) is 2.57. The highest BCUT2D eigenvalue weighted by Gasteiger charge is 2.28. The van der Waals surface area contributed by atoms with E-state index in [9.17, 15) is 9.18 Å². The van der Waals surface area contributed by atoms with Gasteiger partial charge in [0, 0.05) is 12.5 Å². The molecule has 1 aromatic rings. The molecule has 0 heterocycles. The van der Waals surface area contributed by atoms with Gasteiger partial charge < -0.3 is 5.32 Å². The largest absolute Gasteiger partial charge is 0.356 e. The third-order valence-electron chi connectivity index (χ3n) is 2.57. The quantitative estimate of drug-likeness (QED) is 0.802. The van der Waals surface area contributed by atoms with Crippen LogP contribution >= 0.6 is 0 Å². The van der Waals surface area contributed by atoms with Crippen molar-refractivity contribution in [2.45, 2.75) is 19.3 Å². The molecule has 0 aromatic heterocycles. The summed E-state index contributed by atoms with van der Waals surface area (Å²) in [7, 11) is 0. The van der Waals surface area contributed by atoms with Crippen molar-refractivity contribution in [2.75, 3.05) is 6.54 Å². The highest BCUT2D eigenvalue weighted by molar-refractivity contribution is 5.80. The molecule has 1 saturated carbocycles. The first-order valence-electron chi connectivity index (χ1n) is 5.28. The topological polar surface area (TPSA) is 29.1 Å². The summed E-state index contributed by atoms with van der Waals surface area (Å²) < 4.78 is 12.6. The normalized spacial score (nSPS) is 15.0. The summed E-state index contributed by atoms with van der Waals surface area (Å²) in [5.41, 5.74) is 1.05. The van der Waals surface area contributed by atoms with Crippen LogP contribution in [0.4, 0.5) is 4.39 Å². The highest BCUT2D eigenvalue weighted by Crippen LogP contribution is 2.28. The molecule has 1 amide bonds. The van der Waals surface area contributed by atoms with E-state index >= 15 is 0 Å². The Morgan fingerprint density at radius 2 is 2.00 bits per heavy atom. The van der Waals surface area contributed by atoms with Crippen molar-refractivity contribution in [1.29, 1.82) is 0 Å². The van der Waals surface area contributed by atoms with Crippen molar-refractivity contribution in [3.8, 4) is 0 Å². The third kappa shape index (κ3) is 3.05. The van der Waals surface area contributed by atoms with Crippen molar-refractivity contribution in [2.24, 2.45) is 5.92 Å². The highest BCUT2D eigenvalue weighted by atomic mass is 19.1. The summed E-state index contributed by atoms with van der Waals surface area (Å²) in [6, 6.07) is 6.38. The van der Waals surface area contributed by atoms with Gasteiger partial charge in [-0.25, -0.2) is 4.39 Å². The molecule has 0 saturated heterocycles. The fourth-order valence-corrected chi connectivity index (χ4v) is 1.47. The summed E-state index contributed by atoms with van der Waals surface area (Å²) >= 11 is 0. The average molecular weight is 207 g/mol. The summed E-state index contributed by atoms with van der Waals surface area (Å²) in [5, 5.41) is 2.88. The van der Waals surface area contributed by atoms with E-state index < -0.39 is 0 Å². The monoisotopic (exact) mass is 207 g/mol. The number of hydrogen-bond donors (Lipinski definition) is 1. The van der Waals surface area contributed by atoms with Crippen LogP contribution in [-0.2, 0) is 11.2 Å². The number of benzene rings is 1. The van der Waals surface area contributed by atoms with E-state index in [1.165, 1.54) is 12.1 Å². The molecule has 1 N–H and O–H groups in total. The van der Waals surface area contributed by atoms with Crippen LogP contribution in [-0.4, -0.2) is 12.5 Å². The zero-order valence-corrected chi connectivity index (χ0v) is 8.50. The van der Waals surface area contributed by atoms with E-state index in [2.05, 4.69) is 5.32 Å². The van der Waals surface area contributed by atoms with Gasteiger partial charge in [-0.05, 0) is 37.0 Å². The van der Waals surface area contributed by atoms with E-state index in [4.69, 9.17) is 0 Å². The average Bonchev–Trinajstić information content (AvgIpc) is 3.04. The molecule has 15 heavy (non-hydrogen) atoms. The van der Waals surface area contributed by atoms with E-state index in [0.29, 0.717) is 6.54 Å². The van der Waals surface area contributed by atoms with Gasteiger partial charge in [0.15, 0.2) is 0 Å². The van der Waals surface area contributed by atoms with Gasteiger partial charge in [-0.1, -0.05) is 12.1 Å². The molecule has 0 bridgehead atoms. The van der Waals surface area contributed by atoms with Gasteiger partial charge in [-0.2, -0.15) is 0 Å². The molecule has 0 atom stereocenters. The Kier molecular flexibility index (Phi) is 2.99. The van der Waals surface area contributed by atoms with Gasteiger partial charge in [0.05, 0.1) is 0 Å². The van der Waals surface area contributed by atoms with Gasteiger partial charge >= 0.3 is 0 Å². The lowest BCUT2D eigenvalue weighted by Gasteiger charge is -2.03. The number of rotatable bonds is 4. The second kappa shape index (κ2) is 4.43. The molecule has 2 rings (SSSR count). The maximum atomic E-state index is 12.6. The van der Waals surface area contributed by atoms with E-state index in [1.54, 1.807) is 12.1 Å². The summed E-state index contributed by atoms with van der Waals surface area (Å²) in [5.74, 6) is 0.205. The van der Waals surface area contributed by atoms with Crippen LogP contribution in [0.25, 0.3) is 0 Å². The number of hydrogen-bond acceptors (Lipinski definition) is 1. The van der Waals surface area contributed by atoms with Gasteiger partial charge in [-0.15, -0.1) is 0 Å². The van der Waals surface area contributed by atoms with Crippen LogP contribution in [0.2, 0.25) is 0 Å². The lowest BCUT2D eigenvalue weighted by atomic mass is 10.1. The molecule has 1 aliphatic carbocycles. The predicted octanol–water partition coefficient (Wildman–Crippen LogP) is 1.89. The van der Waals surface area contributed by atoms with Crippen molar-refractivity contribution in [1.82, 2.24) is 5.32 Å². The number of amides is 1. The summed E-state index contributed by atoms with van der Waals surface area (Å²) in [6.07, 6.45) is 2.82. The second-order valence-corrected chi connectivity index (χ2v) is 3.94. The maximum absolute atomic E-state index is 12.6. The van der Waals surface area contributed by atoms with Crippen molar-refractivity contribution >= 4 is 5.91 Å². The van der Waals surface area contributed by atoms with Gasteiger partial charge in [0.1, 0.15) is 5.82 Å². The molecule has 1 fully saturated rings. The summed E-state index contributed by atoms with van der Waals surface area (Å²) in [4.78, 5) is 11.3. The van der Waals surface area contributed by atoms with Crippen LogP contribution < -0.4 is 5.32 Å². The van der Waals surface area contributed by atoms with Gasteiger partial charge in [0.25, 0.3) is 0 Å². The molecule has 3 heteroatoms. The smallest absolute Gasteiger partial charge is 0.223 e. The molecule has 1 aliphatic rings. The molecule has 0 spiro atoms. The Hall–Kier alpha value is -1.38. The van der Waals surface area contributed by atoms with Gasteiger partial charge in [-0.3, -0.25) is 4.79 Å². The molecule has 0 radical (unpaired) electrons. The van der Waals surface area contributed by atoms with Crippen molar-refractivity contribution in [3.63, 3.8) is 0 Å². The lowest BCUT2D eigenvalue weighted by molar-refractivity contribution is -0.122. The maximum Gasteiger partial charge on any atom is 0.223 e. The molecule has 80 valence electrons.